The lowest BCUT2D eigenvalue weighted by Gasteiger charge is -2.27. The predicted molar refractivity (Wildman–Crippen MR) is 57.8 cm³/mol. The molecule has 88 valence electrons. The molecule has 0 amide bonds. The first-order valence-corrected chi connectivity index (χ1v) is 5.74. The van der Waals surface area contributed by atoms with Crippen LogP contribution in [-0.2, 0) is 18.3 Å². The third kappa shape index (κ3) is 2.23. The van der Waals surface area contributed by atoms with Crippen molar-refractivity contribution in [3.05, 3.63) is 12.2 Å². The normalized spacial score (nSPS) is 25.6. The molecule has 1 fully saturated rings. The summed E-state index contributed by atoms with van der Waals surface area (Å²) in [4.78, 5) is 15.3. The van der Waals surface area contributed by atoms with Gasteiger partial charge < -0.3 is 5.11 Å². The number of aromatic nitrogens is 3. The van der Waals surface area contributed by atoms with Crippen LogP contribution in [0.25, 0.3) is 0 Å². The van der Waals surface area contributed by atoms with Crippen molar-refractivity contribution in [3.8, 4) is 0 Å². The fourth-order valence-corrected chi connectivity index (χ4v) is 2.52. The van der Waals surface area contributed by atoms with Crippen molar-refractivity contribution in [3.63, 3.8) is 0 Å². The molecule has 0 radical (unpaired) electrons. The van der Waals surface area contributed by atoms with Crippen LogP contribution in [0.2, 0.25) is 0 Å². The molecule has 0 aliphatic heterocycles. The van der Waals surface area contributed by atoms with Crippen LogP contribution in [-0.4, -0.2) is 25.8 Å². The Balaban J connectivity index is 2.07. The van der Waals surface area contributed by atoms with Crippen molar-refractivity contribution in [1.82, 2.24) is 14.8 Å². The first-order valence-electron chi connectivity index (χ1n) is 5.74. The lowest BCUT2D eigenvalue weighted by atomic mass is 9.77. The number of aryl methyl sites for hydroxylation is 1. The molecule has 1 N–H and O–H groups in total. The molecule has 2 rings (SSSR count). The van der Waals surface area contributed by atoms with Gasteiger partial charge in [-0.1, -0.05) is 12.8 Å². The Bertz CT molecular complexity index is 375. The molecule has 1 aromatic rings. The molecule has 5 nitrogen and oxygen atoms in total. The minimum Gasteiger partial charge on any atom is -0.481 e. The molecule has 2 atom stereocenters. The SMILES string of the molecule is Cn1ncnc1CC1CCCCC1C(=O)O. The Labute approximate surface area is 94.5 Å². The molecular weight excluding hydrogens is 206 g/mol. The highest BCUT2D eigenvalue weighted by molar-refractivity contribution is 5.70. The van der Waals surface area contributed by atoms with Crippen LogP contribution in [0.15, 0.2) is 6.33 Å². The maximum atomic E-state index is 11.1. The molecule has 1 aliphatic rings. The van der Waals surface area contributed by atoms with Gasteiger partial charge in [0.1, 0.15) is 12.2 Å². The van der Waals surface area contributed by atoms with Crippen LogP contribution in [0.1, 0.15) is 31.5 Å². The second kappa shape index (κ2) is 4.63. The van der Waals surface area contributed by atoms with E-state index in [1.54, 1.807) is 4.68 Å². The largest absolute Gasteiger partial charge is 0.481 e. The number of rotatable bonds is 3. The summed E-state index contributed by atoms with van der Waals surface area (Å²) < 4.78 is 1.73. The molecule has 0 saturated heterocycles. The summed E-state index contributed by atoms with van der Waals surface area (Å²) in [5, 5.41) is 13.2. The smallest absolute Gasteiger partial charge is 0.306 e. The van der Waals surface area contributed by atoms with Crippen molar-refractivity contribution in [2.75, 3.05) is 0 Å². The molecule has 1 aromatic heterocycles. The second-order valence-electron chi connectivity index (χ2n) is 4.49. The van der Waals surface area contributed by atoms with Gasteiger partial charge in [-0.3, -0.25) is 9.48 Å². The van der Waals surface area contributed by atoms with Crippen LogP contribution in [0.4, 0.5) is 0 Å². The van der Waals surface area contributed by atoms with Crippen LogP contribution < -0.4 is 0 Å². The van der Waals surface area contributed by atoms with Crippen molar-refractivity contribution in [1.29, 1.82) is 0 Å². The minimum atomic E-state index is -0.660. The van der Waals surface area contributed by atoms with Gasteiger partial charge in [0.05, 0.1) is 5.92 Å². The fraction of sp³-hybridized carbons (Fsp3) is 0.727. The van der Waals surface area contributed by atoms with Crippen LogP contribution >= 0.6 is 0 Å². The number of hydrogen-bond acceptors (Lipinski definition) is 3. The molecule has 16 heavy (non-hydrogen) atoms. The van der Waals surface area contributed by atoms with E-state index >= 15 is 0 Å². The Morgan fingerprint density at radius 1 is 1.56 bits per heavy atom. The molecule has 2 unspecified atom stereocenters. The monoisotopic (exact) mass is 223 g/mol. The van der Waals surface area contributed by atoms with Gasteiger partial charge >= 0.3 is 5.97 Å². The van der Waals surface area contributed by atoms with Crippen LogP contribution in [0, 0.1) is 11.8 Å². The van der Waals surface area contributed by atoms with Crippen molar-refractivity contribution in [2.24, 2.45) is 18.9 Å². The van der Waals surface area contributed by atoms with Crippen LogP contribution in [0.3, 0.4) is 0 Å². The lowest BCUT2D eigenvalue weighted by Crippen LogP contribution is -2.29. The van der Waals surface area contributed by atoms with E-state index in [1.807, 2.05) is 7.05 Å². The average Bonchev–Trinajstić information content (AvgIpc) is 2.65. The summed E-state index contributed by atoms with van der Waals surface area (Å²) in [7, 11) is 1.85. The molecule has 1 heterocycles. The van der Waals surface area contributed by atoms with E-state index < -0.39 is 5.97 Å². The molecular formula is C11H17N3O2. The van der Waals surface area contributed by atoms with E-state index in [-0.39, 0.29) is 11.8 Å². The summed E-state index contributed by atoms with van der Waals surface area (Å²) >= 11 is 0. The Morgan fingerprint density at radius 3 is 2.94 bits per heavy atom. The van der Waals surface area contributed by atoms with Gasteiger partial charge in [-0.2, -0.15) is 5.10 Å². The molecule has 1 saturated carbocycles. The van der Waals surface area contributed by atoms with Crippen molar-refractivity contribution < 1.29 is 9.90 Å². The number of nitrogens with zero attached hydrogens (tertiary/aromatic N) is 3. The fourth-order valence-electron chi connectivity index (χ4n) is 2.52. The van der Waals surface area contributed by atoms with Crippen LogP contribution in [0.5, 0.6) is 0 Å². The first kappa shape index (κ1) is 11.1. The quantitative estimate of drug-likeness (QED) is 0.837. The zero-order valence-electron chi connectivity index (χ0n) is 9.46. The molecule has 1 aliphatic carbocycles. The molecule has 0 spiro atoms. The van der Waals surface area contributed by atoms with Gasteiger partial charge in [0, 0.05) is 13.5 Å². The third-order valence-corrected chi connectivity index (χ3v) is 3.48. The van der Waals surface area contributed by atoms with E-state index in [4.69, 9.17) is 5.11 Å². The van der Waals surface area contributed by atoms with Crippen molar-refractivity contribution in [2.45, 2.75) is 32.1 Å². The van der Waals surface area contributed by atoms with Gasteiger partial charge in [0.25, 0.3) is 0 Å². The van der Waals surface area contributed by atoms with E-state index in [1.165, 1.54) is 6.33 Å². The average molecular weight is 223 g/mol. The second-order valence-corrected chi connectivity index (χ2v) is 4.49. The van der Waals surface area contributed by atoms with Gasteiger partial charge in [0.2, 0.25) is 0 Å². The zero-order valence-corrected chi connectivity index (χ0v) is 9.46. The highest BCUT2D eigenvalue weighted by Gasteiger charge is 2.31. The van der Waals surface area contributed by atoms with Crippen molar-refractivity contribution >= 4 is 5.97 Å². The summed E-state index contributed by atoms with van der Waals surface area (Å²) in [6.07, 6.45) is 6.21. The van der Waals surface area contributed by atoms with Gasteiger partial charge in [-0.25, -0.2) is 4.98 Å². The minimum absolute atomic E-state index is 0.203. The topological polar surface area (TPSA) is 68.0 Å². The van der Waals surface area contributed by atoms with E-state index in [0.29, 0.717) is 0 Å². The zero-order chi connectivity index (χ0) is 11.5. The maximum Gasteiger partial charge on any atom is 0.306 e. The molecule has 5 heteroatoms. The van der Waals surface area contributed by atoms with Gasteiger partial charge in [-0.05, 0) is 18.8 Å². The highest BCUT2D eigenvalue weighted by Crippen LogP contribution is 2.32. The summed E-state index contributed by atoms with van der Waals surface area (Å²) in [5.74, 6) is 0.240. The highest BCUT2D eigenvalue weighted by atomic mass is 16.4. The number of hydrogen-bond donors (Lipinski definition) is 1. The summed E-state index contributed by atoms with van der Waals surface area (Å²) in [6, 6.07) is 0. The molecule has 0 bridgehead atoms. The number of carboxylic acids is 1. The summed E-state index contributed by atoms with van der Waals surface area (Å²) in [6.45, 7) is 0. The lowest BCUT2D eigenvalue weighted by molar-refractivity contribution is -0.144. The van der Waals surface area contributed by atoms with E-state index in [2.05, 4.69) is 10.1 Å². The Hall–Kier alpha value is -1.39. The summed E-state index contributed by atoms with van der Waals surface area (Å²) in [5.41, 5.74) is 0. The van der Waals surface area contributed by atoms with E-state index in [0.717, 1.165) is 37.9 Å². The Morgan fingerprint density at radius 2 is 2.31 bits per heavy atom. The van der Waals surface area contributed by atoms with Gasteiger partial charge in [0.15, 0.2) is 0 Å². The Kier molecular flexibility index (Phi) is 3.22. The van der Waals surface area contributed by atoms with E-state index in [9.17, 15) is 4.79 Å². The predicted octanol–water partition coefficient (Wildman–Crippen LogP) is 1.25. The number of carbonyl (C=O) groups is 1. The third-order valence-electron chi connectivity index (χ3n) is 3.48. The van der Waals surface area contributed by atoms with Gasteiger partial charge in [-0.15, -0.1) is 0 Å². The maximum absolute atomic E-state index is 11.1. The first-order chi connectivity index (χ1) is 7.68. The molecule has 0 aromatic carbocycles. The number of aliphatic carboxylic acids is 1. The standard InChI is InChI=1S/C11H17N3O2/c1-14-10(12-7-13-14)6-8-4-2-3-5-9(8)11(15)16/h7-9H,2-6H2,1H3,(H,15,16). The number of carboxylic acid groups (broad SMARTS) is 1.